The molecule has 1 atom stereocenters. The molecule has 3 rings (SSSR count). The monoisotopic (exact) mass is 256 g/mol. The Labute approximate surface area is 111 Å². The lowest BCUT2D eigenvalue weighted by atomic mass is 9.96. The predicted octanol–water partition coefficient (Wildman–Crippen LogP) is 2.61. The van der Waals surface area contributed by atoms with Crippen LogP contribution in [0.3, 0.4) is 0 Å². The Hall–Kier alpha value is -2.10. The molecule has 0 bridgehead atoms. The maximum atomic E-state index is 11.0. The molecular formula is C15H16N2O2. The lowest BCUT2D eigenvalue weighted by Crippen LogP contribution is -2.03. The molecule has 0 fully saturated rings. The van der Waals surface area contributed by atoms with E-state index in [0.717, 1.165) is 25.0 Å². The average Bonchev–Trinajstić information content (AvgIpc) is 3.00. The maximum Gasteiger partial charge on any atom is 0.308 e. The number of hydrogen-bond donors (Lipinski definition) is 1. The first-order valence-electron chi connectivity index (χ1n) is 6.51. The van der Waals surface area contributed by atoms with E-state index in [9.17, 15) is 4.79 Å². The molecule has 2 aromatic rings. The largest absolute Gasteiger partial charge is 0.427 e. The van der Waals surface area contributed by atoms with Gasteiger partial charge in [0.05, 0.1) is 12.0 Å². The van der Waals surface area contributed by atoms with Crippen LogP contribution in [0.25, 0.3) is 0 Å². The zero-order chi connectivity index (χ0) is 13.2. The molecule has 1 heterocycles. The number of esters is 1. The summed E-state index contributed by atoms with van der Waals surface area (Å²) in [5.74, 6) is 0.829. The van der Waals surface area contributed by atoms with Crippen LogP contribution in [-0.4, -0.2) is 15.9 Å². The van der Waals surface area contributed by atoms with Crippen LogP contribution >= 0.6 is 0 Å². The Kier molecular flexibility index (Phi) is 3.07. The van der Waals surface area contributed by atoms with Gasteiger partial charge in [-0.15, -0.1) is 0 Å². The van der Waals surface area contributed by atoms with Crippen LogP contribution in [0.4, 0.5) is 0 Å². The molecule has 1 aromatic carbocycles. The average molecular weight is 256 g/mol. The Morgan fingerprint density at radius 2 is 2.42 bits per heavy atom. The van der Waals surface area contributed by atoms with Crippen molar-refractivity contribution in [2.24, 2.45) is 0 Å². The predicted molar refractivity (Wildman–Crippen MR) is 71.1 cm³/mol. The van der Waals surface area contributed by atoms with Crippen molar-refractivity contribution in [3.05, 3.63) is 47.5 Å². The van der Waals surface area contributed by atoms with Gasteiger partial charge in [0.15, 0.2) is 0 Å². The number of benzene rings is 1. The first-order chi connectivity index (χ1) is 9.22. The number of H-pyrrole nitrogens is 1. The van der Waals surface area contributed by atoms with Crippen LogP contribution in [0.15, 0.2) is 30.7 Å². The zero-order valence-electron chi connectivity index (χ0n) is 10.8. The number of hydrogen-bond acceptors (Lipinski definition) is 3. The van der Waals surface area contributed by atoms with Crippen molar-refractivity contribution in [2.45, 2.75) is 32.1 Å². The Morgan fingerprint density at radius 1 is 1.53 bits per heavy atom. The van der Waals surface area contributed by atoms with Gasteiger partial charge in [-0.3, -0.25) is 4.79 Å². The number of imidazole rings is 1. The number of carbonyl (C=O) groups excluding carboxylic acids is 1. The van der Waals surface area contributed by atoms with E-state index in [1.807, 2.05) is 18.3 Å². The third-order valence-electron chi connectivity index (χ3n) is 3.59. The quantitative estimate of drug-likeness (QED) is 0.678. The van der Waals surface area contributed by atoms with Gasteiger partial charge in [0.25, 0.3) is 0 Å². The number of nitrogens with one attached hydrogen (secondary N) is 1. The van der Waals surface area contributed by atoms with Crippen molar-refractivity contribution >= 4 is 5.97 Å². The molecular weight excluding hydrogens is 240 g/mol. The van der Waals surface area contributed by atoms with Crippen LogP contribution in [0.5, 0.6) is 5.75 Å². The second-order valence-corrected chi connectivity index (χ2v) is 4.95. The second kappa shape index (κ2) is 4.88. The fraction of sp³-hybridized carbons (Fsp3) is 0.333. The molecule has 4 heteroatoms. The minimum Gasteiger partial charge on any atom is -0.427 e. The summed E-state index contributed by atoms with van der Waals surface area (Å²) in [6.07, 6.45) is 6.80. The zero-order valence-corrected chi connectivity index (χ0v) is 10.8. The number of aryl methyl sites for hydroxylation is 1. The van der Waals surface area contributed by atoms with Gasteiger partial charge in [-0.2, -0.15) is 0 Å². The molecule has 1 aliphatic rings. The number of aromatic nitrogens is 2. The van der Waals surface area contributed by atoms with E-state index >= 15 is 0 Å². The number of carbonyl (C=O) groups is 1. The molecule has 0 amide bonds. The third-order valence-corrected chi connectivity index (χ3v) is 3.59. The van der Waals surface area contributed by atoms with Crippen molar-refractivity contribution in [1.82, 2.24) is 9.97 Å². The number of aromatic amines is 1. The van der Waals surface area contributed by atoms with E-state index < -0.39 is 0 Å². The SMILES string of the molecule is CC(=O)Oc1ccc2c(c1)C(Cc1c[nH]cn1)CC2. The van der Waals surface area contributed by atoms with Crippen LogP contribution in [0.2, 0.25) is 0 Å². The molecule has 19 heavy (non-hydrogen) atoms. The van der Waals surface area contributed by atoms with Crippen molar-refractivity contribution in [1.29, 1.82) is 0 Å². The van der Waals surface area contributed by atoms with Crippen molar-refractivity contribution < 1.29 is 9.53 Å². The number of rotatable bonds is 3. The molecule has 0 aliphatic heterocycles. The van der Waals surface area contributed by atoms with Crippen LogP contribution in [0.1, 0.15) is 36.1 Å². The van der Waals surface area contributed by atoms with E-state index in [4.69, 9.17) is 4.74 Å². The van der Waals surface area contributed by atoms with Gasteiger partial charge in [-0.25, -0.2) is 4.98 Å². The number of fused-ring (bicyclic) bond motifs is 1. The van der Waals surface area contributed by atoms with Gasteiger partial charge < -0.3 is 9.72 Å². The molecule has 98 valence electrons. The third kappa shape index (κ3) is 2.52. The first kappa shape index (κ1) is 12.0. The molecule has 1 N–H and O–H groups in total. The highest BCUT2D eigenvalue weighted by molar-refractivity contribution is 5.69. The molecule has 0 radical (unpaired) electrons. The molecule has 0 saturated carbocycles. The van der Waals surface area contributed by atoms with Crippen molar-refractivity contribution in [2.75, 3.05) is 0 Å². The summed E-state index contributed by atoms with van der Waals surface area (Å²) in [5.41, 5.74) is 3.73. The van der Waals surface area contributed by atoms with Gasteiger partial charge in [0, 0.05) is 13.1 Å². The summed E-state index contributed by atoms with van der Waals surface area (Å²) >= 11 is 0. The Balaban J connectivity index is 1.83. The van der Waals surface area contributed by atoms with Gasteiger partial charge in [0.2, 0.25) is 0 Å². The van der Waals surface area contributed by atoms with Crippen molar-refractivity contribution in [3.8, 4) is 5.75 Å². The Bertz CT molecular complexity index is 590. The van der Waals surface area contributed by atoms with Gasteiger partial charge in [-0.05, 0) is 48.4 Å². The van der Waals surface area contributed by atoms with E-state index in [0.29, 0.717) is 11.7 Å². The summed E-state index contributed by atoms with van der Waals surface area (Å²) in [4.78, 5) is 18.3. The summed E-state index contributed by atoms with van der Waals surface area (Å²) in [6.45, 7) is 1.43. The van der Waals surface area contributed by atoms with Crippen LogP contribution in [0, 0.1) is 0 Å². The lowest BCUT2D eigenvalue weighted by Gasteiger charge is -2.11. The van der Waals surface area contributed by atoms with Crippen LogP contribution < -0.4 is 4.74 Å². The topological polar surface area (TPSA) is 55.0 Å². The van der Waals surface area contributed by atoms with Gasteiger partial charge in [0.1, 0.15) is 5.75 Å². The highest BCUT2D eigenvalue weighted by Gasteiger charge is 2.24. The van der Waals surface area contributed by atoms with E-state index in [-0.39, 0.29) is 5.97 Å². The fourth-order valence-corrected chi connectivity index (χ4v) is 2.76. The van der Waals surface area contributed by atoms with E-state index in [1.165, 1.54) is 18.1 Å². The number of ether oxygens (including phenoxy) is 1. The molecule has 0 spiro atoms. The smallest absolute Gasteiger partial charge is 0.308 e. The van der Waals surface area contributed by atoms with E-state index in [1.54, 1.807) is 6.33 Å². The molecule has 0 saturated heterocycles. The first-order valence-corrected chi connectivity index (χ1v) is 6.51. The maximum absolute atomic E-state index is 11.0. The Morgan fingerprint density at radius 3 is 3.16 bits per heavy atom. The summed E-state index contributed by atoms with van der Waals surface area (Å²) in [7, 11) is 0. The summed E-state index contributed by atoms with van der Waals surface area (Å²) in [5, 5.41) is 0. The minimum absolute atomic E-state index is 0.276. The summed E-state index contributed by atoms with van der Waals surface area (Å²) in [6, 6.07) is 5.94. The summed E-state index contributed by atoms with van der Waals surface area (Å²) < 4.78 is 5.16. The molecule has 4 nitrogen and oxygen atoms in total. The highest BCUT2D eigenvalue weighted by atomic mass is 16.5. The molecule has 1 unspecified atom stereocenters. The molecule has 1 aliphatic carbocycles. The van der Waals surface area contributed by atoms with Gasteiger partial charge >= 0.3 is 5.97 Å². The van der Waals surface area contributed by atoms with Crippen LogP contribution in [-0.2, 0) is 17.6 Å². The standard InChI is InChI=1S/C15H16N2O2/c1-10(18)19-14-5-4-11-2-3-12(15(11)7-14)6-13-8-16-9-17-13/h4-5,7-9,12H,2-3,6H2,1H3,(H,16,17). The van der Waals surface area contributed by atoms with Crippen molar-refractivity contribution in [3.63, 3.8) is 0 Å². The highest BCUT2D eigenvalue weighted by Crippen LogP contribution is 2.37. The van der Waals surface area contributed by atoms with Gasteiger partial charge in [-0.1, -0.05) is 6.07 Å². The number of nitrogens with zero attached hydrogens (tertiary/aromatic N) is 1. The lowest BCUT2D eigenvalue weighted by molar-refractivity contribution is -0.131. The molecule has 1 aromatic heterocycles. The normalized spacial score (nSPS) is 17.2. The minimum atomic E-state index is -0.276. The fourth-order valence-electron chi connectivity index (χ4n) is 2.76. The second-order valence-electron chi connectivity index (χ2n) is 4.95. The van der Waals surface area contributed by atoms with E-state index in [2.05, 4.69) is 16.0 Å².